The van der Waals surface area contributed by atoms with E-state index < -0.39 is 11.6 Å². The summed E-state index contributed by atoms with van der Waals surface area (Å²) in [6.45, 7) is 11.0. The fourth-order valence-corrected chi connectivity index (χ4v) is 3.23. The highest BCUT2D eigenvalue weighted by molar-refractivity contribution is 5.91. The van der Waals surface area contributed by atoms with Gasteiger partial charge in [0.05, 0.1) is 5.39 Å². The number of nitrogen functional groups attached to an aromatic ring is 2. The largest absolute Gasteiger partial charge is 0.439 e. The molecule has 3 aromatic rings. The first-order valence-electron chi connectivity index (χ1n) is 10.0. The summed E-state index contributed by atoms with van der Waals surface area (Å²) in [5, 5.41) is 18.6. The van der Waals surface area contributed by atoms with Crippen LogP contribution < -0.4 is 22.1 Å². The number of hydrogen-bond acceptors (Lipinski definition) is 6. The predicted molar refractivity (Wildman–Crippen MR) is 121 cm³/mol. The predicted octanol–water partition coefficient (Wildman–Crippen LogP) is 4.81. The molecule has 32 heavy (non-hydrogen) atoms. The lowest BCUT2D eigenvalue weighted by molar-refractivity contribution is 0.528. The van der Waals surface area contributed by atoms with Crippen molar-refractivity contribution in [2.24, 2.45) is 5.92 Å². The lowest BCUT2D eigenvalue weighted by Gasteiger charge is -2.05. The number of furan rings is 2. The minimum atomic E-state index is -0.476. The summed E-state index contributed by atoms with van der Waals surface area (Å²) in [6.07, 6.45) is 0. The van der Waals surface area contributed by atoms with E-state index >= 15 is 0 Å². The summed E-state index contributed by atoms with van der Waals surface area (Å²) < 4.78 is 37.3. The van der Waals surface area contributed by atoms with E-state index in [4.69, 9.17) is 30.8 Å². The summed E-state index contributed by atoms with van der Waals surface area (Å²) >= 11 is 0. The van der Waals surface area contributed by atoms with Crippen molar-refractivity contribution in [3.05, 3.63) is 45.3 Å². The van der Waals surface area contributed by atoms with Crippen molar-refractivity contribution in [2.75, 3.05) is 11.5 Å². The number of nitrogens with zero attached hydrogens (tertiary/aromatic N) is 2. The molecule has 0 spiro atoms. The quantitative estimate of drug-likeness (QED) is 0.589. The van der Waals surface area contributed by atoms with Crippen molar-refractivity contribution in [1.82, 2.24) is 0 Å². The third kappa shape index (κ3) is 4.45. The maximum absolute atomic E-state index is 13.6. The third-order valence-electron chi connectivity index (χ3n) is 5.20. The molecule has 0 aliphatic rings. The number of hydrogen-bond donors (Lipinski definition) is 2. The molecule has 0 atom stereocenters. The van der Waals surface area contributed by atoms with Crippen molar-refractivity contribution in [3.63, 3.8) is 0 Å². The van der Waals surface area contributed by atoms with Crippen molar-refractivity contribution in [1.29, 1.82) is 10.5 Å². The van der Waals surface area contributed by atoms with E-state index in [0.29, 0.717) is 10.8 Å². The van der Waals surface area contributed by atoms with Crippen molar-refractivity contribution >= 4 is 34.1 Å². The first-order valence-corrected chi connectivity index (χ1v) is 10.0. The van der Waals surface area contributed by atoms with Crippen LogP contribution in [0, 0.1) is 34.4 Å². The normalized spacial score (nSPS) is 12.9. The Kier molecular flexibility index (Phi) is 7.32. The van der Waals surface area contributed by atoms with Crippen molar-refractivity contribution < 1.29 is 17.6 Å². The van der Waals surface area contributed by atoms with Crippen LogP contribution in [0.15, 0.2) is 21.0 Å². The highest BCUT2D eigenvalue weighted by Crippen LogP contribution is 2.34. The van der Waals surface area contributed by atoms with Crippen LogP contribution in [-0.2, 0) is 0 Å². The average molecular weight is 440 g/mol. The van der Waals surface area contributed by atoms with E-state index in [9.17, 15) is 8.78 Å². The zero-order chi connectivity index (χ0) is 24.3. The fraction of sp³-hybridized carbons (Fsp3) is 0.333. The summed E-state index contributed by atoms with van der Waals surface area (Å²) in [5.41, 5.74) is 13.6. The number of fused-ring (bicyclic) bond motifs is 1. The molecule has 0 fully saturated rings. The third-order valence-corrected chi connectivity index (χ3v) is 5.20. The number of nitriles is 2. The number of rotatable bonds is 2. The topological polar surface area (TPSA) is 126 Å². The Hall–Kier alpha value is -3.78. The minimum absolute atomic E-state index is 0.0236. The van der Waals surface area contributed by atoms with Gasteiger partial charge in [-0.15, -0.1) is 0 Å². The van der Waals surface area contributed by atoms with Crippen LogP contribution in [0.2, 0.25) is 0 Å². The standard InChI is InChI=1S/C12H11FN2O.C12H15FN2O/c1-6(2)7-3-4-9(13)10-8(5-14)12(15)16-11(7)10;1-6(2)7(3)10-9(5-14)12(15)16-11(10)8(4)13/h3-4,6H,15H2,1-2H3;6H,15H2,1-4H3/b;10-7+,11-8-. The fourth-order valence-electron chi connectivity index (χ4n) is 3.23. The monoisotopic (exact) mass is 440 g/mol. The molecular weight excluding hydrogens is 414 g/mol. The van der Waals surface area contributed by atoms with Gasteiger partial charge in [-0.05, 0) is 37.3 Å². The molecule has 6 nitrogen and oxygen atoms in total. The summed E-state index contributed by atoms with van der Waals surface area (Å²) in [5.74, 6) is -0.615. The van der Waals surface area contributed by atoms with Gasteiger partial charge in [-0.2, -0.15) is 10.5 Å². The van der Waals surface area contributed by atoms with Gasteiger partial charge in [0.25, 0.3) is 0 Å². The molecule has 2 aromatic heterocycles. The second-order valence-electron chi connectivity index (χ2n) is 7.98. The van der Waals surface area contributed by atoms with Crippen LogP contribution in [0.25, 0.3) is 22.4 Å². The van der Waals surface area contributed by atoms with E-state index in [2.05, 4.69) is 0 Å². The molecule has 2 heterocycles. The molecule has 0 saturated carbocycles. The second kappa shape index (κ2) is 9.57. The smallest absolute Gasteiger partial charge is 0.209 e. The van der Waals surface area contributed by atoms with Gasteiger partial charge in [-0.3, -0.25) is 0 Å². The van der Waals surface area contributed by atoms with Gasteiger partial charge < -0.3 is 20.3 Å². The Labute approximate surface area is 185 Å². The molecule has 0 bridgehead atoms. The Balaban J connectivity index is 0.000000227. The molecule has 0 saturated heterocycles. The molecule has 0 amide bonds. The van der Waals surface area contributed by atoms with E-state index in [1.54, 1.807) is 6.07 Å². The lowest BCUT2D eigenvalue weighted by Crippen LogP contribution is -2.27. The maximum atomic E-state index is 13.6. The molecule has 4 N–H and O–H groups in total. The Bertz CT molecular complexity index is 1360. The molecule has 0 aliphatic heterocycles. The molecule has 8 heteroatoms. The van der Waals surface area contributed by atoms with E-state index in [1.807, 2.05) is 46.8 Å². The Morgan fingerprint density at radius 3 is 2.00 bits per heavy atom. The van der Waals surface area contributed by atoms with Crippen LogP contribution >= 0.6 is 0 Å². The lowest BCUT2D eigenvalue weighted by atomic mass is 10.00. The van der Waals surface area contributed by atoms with Gasteiger partial charge in [0, 0.05) is 5.22 Å². The van der Waals surface area contributed by atoms with Crippen LogP contribution in [0.1, 0.15) is 64.2 Å². The zero-order valence-corrected chi connectivity index (χ0v) is 18.9. The van der Waals surface area contributed by atoms with Gasteiger partial charge in [0.15, 0.2) is 5.42 Å². The molecule has 0 unspecified atom stereocenters. The number of anilines is 2. The Morgan fingerprint density at radius 2 is 1.53 bits per heavy atom. The molecular formula is C24H26F2N4O2. The number of halogens is 2. The average Bonchev–Trinajstić information content (AvgIpc) is 3.24. The summed E-state index contributed by atoms with van der Waals surface area (Å²) in [4.78, 5) is 0. The van der Waals surface area contributed by atoms with E-state index in [-0.39, 0.29) is 45.5 Å². The molecule has 3 rings (SSSR count). The van der Waals surface area contributed by atoms with E-state index in [0.717, 1.165) is 11.1 Å². The van der Waals surface area contributed by atoms with Crippen LogP contribution in [-0.4, -0.2) is 0 Å². The van der Waals surface area contributed by atoms with Gasteiger partial charge in [-0.1, -0.05) is 39.3 Å². The van der Waals surface area contributed by atoms with Crippen LogP contribution in [0.4, 0.5) is 20.5 Å². The van der Waals surface area contributed by atoms with Gasteiger partial charge >= 0.3 is 0 Å². The van der Waals surface area contributed by atoms with Crippen molar-refractivity contribution in [3.8, 4) is 12.1 Å². The summed E-state index contributed by atoms with van der Waals surface area (Å²) in [7, 11) is 0. The SMILES string of the molecule is C/C(F)=c1/oc(N)c(C#N)/c1=C(/C)C(C)C.CC(C)c1ccc(F)c2c(C#N)c(N)oc12. The molecule has 1 aromatic carbocycles. The van der Waals surface area contributed by atoms with Gasteiger partial charge in [0.2, 0.25) is 11.8 Å². The number of nitrogens with two attached hydrogens (primary N) is 2. The molecule has 0 radical (unpaired) electrons. The summed E-state index contributed by atoms with van der Waals surface area (Å²) in [6, 6.07) is 6.82. The highest BCUT2D eigenvalue weighted by Gasteiger charge is 2.19. The Morgan fingerprint density at radius 1 is 0.969 bits per heavy atom. The van der Waals surface area contributed by atoms with Crippen LogP contribution in [0.5, 0.6) is 0 Å². The van der Waals surface area contributed by atoms with Crippen molar-refractivity contribution in [2.45, 2.75) is 47.5 Å². The first kappa shape index (κ1) is 24.5. The highest BCUT2D eigenvalue weighted by atomic mass is 19.1. The first-order chi connectivity index (χ1) is 15.0. The molecule has 168 valence electrons. The van der Waals surface area contributed by atoms with E-state index in [1.165, 1.54) is 13.0 Å². The van der Waals surface area contributed by atoms with Crippen LogP contribution in [0.3, 0.4) is 0 Å². The van der Waals surface area contributed by atoms with Gasteiger partial charge in [0.1, 0.15) is 40.5 Å². The van der Waals surface area contributed by atoms with Gasteiger partial charge in [-0.25, -0.2) is 8.78 Å². The maximum Gasteiger partial charge on any atom is 0.209 e. The molecule has 0 aliphatic carbocycles. The minimum Gasteiger partial charge on any atom is -0.439 e. The second-order valence-corrected chi connectivity index (χ2v) is 7.98. The zero-order valence-electron chi connectivity index (χ0n) is 18.9. The number of benzene rings is 1.